The van der Waals surface area contributed by atoms with E-state index >= 15 is 0 Å². The van der Waals surface area contributed by atoms with E-state index in [0.29, 0.717) is 18.4 Å². The Hall–Kier alpha value is -2.10. The molecule has 1 aromatic heterocycles. The lowest BCUT2D eigenvalue weighted by molar-refractivity contribution is 0.567. The zero-order valence-corrected chi connectivity index (χ0v) is 12.1. The van der Waals surface area contributed by atoms with Gasteiger partial charge in [-0.1, -0.05) is 0 Å². The van der Waals surface area contributed by atoms with E-state index in [9.17, 15) is 0 Å². The van der Waals surface area contributed by atoms with Crippen molar-refractivity contribution in [2.24, 2.45) is 5.92 Å². The number of hydrogen-bond acceptors (Lipinski definition) is 7. The van der Waals surface area contributed by atoms with Gasteiger partial charge in [-0.2, -0.15) is 20.2 Å². The second-order valence-electron chi connectivity index (χ2n) is 5.25. The third kappa shape index (κ3) is 3.47. The predicted octanol–water partition coefficient (Wildman–Crippen LogP) is 1.04. The van der Waals surface area contributed by atoms with E-state index in [1.807, 2.05) is 18.9 Å². The first-order chi connectivity index (χ1) is 9.60. The third-order valence-corrected chi connectivity index (χ3v) is 3.38. The molecular weight excluding hydrogens is 254 g/mol. The van der Waals surface area contributed by atoms with Crippen LogP contribution in [0.15, 0.2) is 0 Å². The van der Waals surface area contributed by atoms with Gasteiger partial charge in [0.05, 0.1) is 12.0 Å². The summed E-state index contributed by atoms with van der Waals surface area (Å²) < 4.78 is 0. The first-order valence-electron chi connectivity index (χ1n) is 6.97. The van der Waals surface area contributed by atoms with E-state index in [0.717, 1.165) is 25.9 Å². The molecule has 0 saturated carbocycles. The van der Waals surface area contributed by atoms with Gasteiger partial charge in [0, 0.05) is 26.7 Å². The standard InChI is InChI=1S/C13H21N7/c1-10(8-14)9-19(2)12-16-11(15)17-13(18-12)20-6-4-3-5-7-20/h10H,3-7,9H2,1-2H3,(H2,15,16,17,18). The highest BCUT2D eigenvalue weighted by molar-refractivity contribution is 5.43. The molecule has 1 aromatic rings. The predicted molar refractivity (Wildman–Crippen MR) is 78.4 cm³/mol. The normalized spacial score (nSPS) is 16.6. The van der Waals surface area contributed by atoms with Crippen molar-refractivity contribution in [3.05, 3.63) is 0 Å². The topological polar surface area (TPSA) is 95.0 Å². The average Bonchev–Trinajstić information content (AvgIpc) is 2.47. The first-order valence-corrected chi connectivity index (χ1v) is 6.97. The van der Waals surface area contributed by atoms with Crippen LogP contribution in [0.25, 0.3) is 0 Å². The molecule has 1 fully saturated rings. The van der Waals surface area contributed by atoms with Crippen LogP contribution in [-0.2, 0) is 0 Å². The number of nitriles is 1. The summed E-state index contributed by atoms with van der Waals surface area (Å²) in [5.41, 5.74) is 5.79. The Bertz CT molecular complexity index is 490. The molecule has 0 amide bonds. The summed E-state index contributed by atoms with van der Waals surface area (Å²) in [7, 11) is 1.86. The number of nitrogen functional groups attached to an aromatic ring is 1. The molecule has 1 aliphatic rings. The lowest BCUT2D eigenvalue weighted by Gasteiger charge is -2.27. The molecule has 0 aromatic carbocycles. The summed E-state index contributed by atoms with van der Waals surface area (Å²) in [6, 6.07) is 2.20. The molecule has 20 heavy (non-hydrogen) atoms. The number of nitrogens with two attached hydrogens (primary N) is 1. The van der Waals surface area contributed by atoms with Gasteiger partial charge in [0.1, 0.15) is 0 Å². The van der Waals surface area contributed by atoms with Crippen LogP contribution in [0.3, 0.4) is 0 Å². The van der Waals surface area contributed by atoms with Crippen LogP contribution in [0.4, 0.5) is 17.8 Å². The van der Waals surface area contributed by atoms with Crippen molar-refractivity contribution >= 4 is 17.8 Å². The monoisotopic (exact) mass is 275 g/mol. The minimum Gasteiger partial charge on any atom is -0.368 e. The zero-order chi connectivity index (χ0) is 14.5. The van der Waals surface area contributed by atoms with Crippen molar-refractivity contribution in [1.82, 2.24) is 15.0 Å². The molecule has 7 heteroatoms. The number of piperidine rings is 1. The lowest BCUT2D eigenvalue weighted by Crippen LogP contribution is -2.32. The number of rotatable bonds is 4. The number of nitrogens with zero attached hydrogens (tertiary/aromatic N) is 6. The molecule has 2 rings (SSSR count). The third-order valence-electron chi connectivity index (χ3n) is 3.38. The summed E-state index contributed by atoms with van der Waals surface area (Å²) in [5, 5.41) is 8.88. The Morgan fingerprint density at radius 3 is 2.65 bits per heavy atom. The number of aromatic nitrogens is 3. The summed E-state index contributed by atoms with van der Waals surface area (Å²) in [4.78, 5) is 16.9. The lowest BCUT2D eigenvalue weighted by atomic mass is 10.1. The van der Waals surface area contributed by atoms with Crippen molar-refractivity contribution in [3.63, 3.8) is 0 Å². The fourth-order valence-corrected chi connectivity index (χ4v) is 2.31. The number of anilines is 3. The van der Waals surface area contributed by atoms with Crippen LogP contribution < -0.4 is 15.5 Å². The molecule has 108 valence electrons. The molecule has 0 spiro atoms. The Morgan fingerprint density at radius 1 is 1.30 bits per heavy atom. The van der Waals surface area contributed by atoms with Gasteiger partial charge in [0.15, 0.2) is 0 Å². The van der Waals surface area contributed by atoms with Crippen LogP contribution in [0.5, 0.6) is 0 Å². The van der Waals surface area contributed by atoms with Crippen molar-refractivity contribution in [2.75, 3.05) is 42.2 Å². The van der Waals surface area contributed by atoms with Crippen molar-refractivity contribution < 1.29 is 0 Å². The first kappa shape index (κ1) is 14.3. The van der Waals surface area contributed by atoms with Gasteiger partial charge in [-0.3, -0.25) is 0 Å². The van der Waals surface area contributed by atoms with Crippen LogP contribution in [-0.4, -0.2) is 41.6 Å². The van der Waals surface area contributed by atoms with E-state index in [-0.39, 0.29) is 11.9 Å². The summed E-state index contributed by atoms with van der Waals surface area (Å²) in [6.45, 7) is 4.36. The van der Waals surface area contributed by atoms with Crippen LogP contribution in [0.2, 0.25) is 0 Å². The second kappa shape index (κ2) is 6.37. The van der Waals surface area contributed by atoms with Gasteiger partial charge in [-0.15, -0.1) is 0 Å². The molecule has 0 aliphatic carbocycles. The van der Waals surface area contributed by atoms with Gasteiger partial charge in [0.25, 0.3) is 0 Å². The minimum absolute atomic E-state index is 0.0866. The maximum Gasteiger partial charge on any atom is 0.231 e. The highest BCUT2D eigenvalue weighted by Crippen LogP contribution is 2.19. The van der Waals surface area contributed by atoms with Gasteiger partial charge in [-0.05, 0) is 26.2 Å². The van der Waals surface area contributed by atoms with Gasteiger partial charge >= 0.3 is 0 Å². The highest BCUT2D eigenvalue weighted by Gasteiger charge is 2.17. The summed E-state index contributed by atoms with van der Waals surface area (Å²) >= 11 is 0. The summed E-state index contributed by atoms with van der Waals surface area (Å²) in [5.74, 6) is 1.31. The van der Waals surface area contributed by atoms with Crippen molar-refractivity contribution in [1.29, 1.82) is 5.26 Å². The number of hydrogen-bond donors (Lipinski definition) is 1. The minimum atomic E-state index is -0.0866. The van der Waals surface area contributed by atoms with Crippen LogP contribution >= 0.6 is 0 Å². The Balaban J connectivity index is 2.17. The maximum atomic E-state index is 8.88. The van der Waals surface area contributed by atoms with Crippen molar-refractivity contribution in [2.45, 2.75) is 26.2 Å². The maximum absolute atomic E-state index is 8.88. The van der Waals surface area contributed by atoms with Gasteiger partial charge in [-0.25, -0.2) is 0 Å². The molecule has 1 unspecified atom stereocenters. The van der Waals surface area contributed by atoms with E-state index in [1.54, 1.807) is 0 Å². The van der Waals surface area contributed by atoms with Gasteiger partial charge < -0.3 is 15.5 Å². The van der Waals surface area contributed by atoms with Crippen molar-refractivity contribution in [3.8, 4) is 6.07 Å². The quantitative estimate of drug-likeness (QED) is 0.877. The summed E-state index contributed by atoms with van der Waals surface area (Å²) in [6.07, 6.45) is 3.56. The average molecular weight is 275 g/mol. The SMILES string of the molecule is CC(C#N)CN(C)c1nc(N)nc(N2CCCCC2)n1. The van der Waals surface area contributed by atoms with Crippen LogP contribution in [0.1, 0.15) is 26.2 Å². The van der Waals surface area contributed by atoms with E-state index in [2.05, 4.69) is 25.9 Å². The largest absolute Gasteiger partial charge is 0.368 e. The van der Waals surface area contributed by atoms with E-state index in [1.165, 1.54) is 6.42 Å². The molecule has 1 atom stereocenters. The molecule has 2 heterocycles. The van der Waals surface area contributed by atoms with Crippen LogP contribution in [0, 0.1) is 17.2 Å². The zero-order valence-electron chi connectivity index (χ0n) is 12.1. The fraction of sp³-hybridized carbons (Fsp3) is 0.692. The second-order valence-corrected chi connectivity index (χ2v) is 5.25. The Labute approximate surface area is 119 Å². The van der Waals surface area contributed by atoms with E-state index in [4.69, 9.17) is 11.0 Å². The molecule has 0 radical (unpaired) electrons. The fourth-order valence-electron chi connectivity index (χ4n) is 2.31. The Morgan fingerprint density at radius 2 is 2.00 bits per heavy atom. The Kier molecular flexibility index (Phi) is 4.56. The molecule has 1 aliphatic heterocycles. The molecular formula is C13H21N7. The molecule has 1 saturated heterocycles. The smallest absolute Gasteiger partial charge is 0.231 e. The molecule has 7 nitrogen and oxygen atoms in total. The van der Waals surface area contributed by atoms with Gasteiger partial charge in [0.2, 0.25) is 17.8 Å². The molecule has 0 bridgehead atoms. The molecule has 2 N–H and O–H groups in total. The highest BCUT2D eigenvalue weighted by atomic mass is 15.3. The van der Waals surface area contributed by atoms with E-state index < -0.39 is 0 Å².